The highest BCUT2D eigenvalue weighted by Gasteiger charge is 2.19. The van der Waals surface area contributed by atoms with Gasteiger partial charge in [0.1, 0.15) is 0 Å². The number of alkyl halides is 2. The molecule has 2 heterocycles. The van der Waals surface area contributed by atoms with Gasteiger partial charge in [0.05, 0.1) is 7.11 Å². The molecular formula is C18H24F2IN5O2S. The van der Waals surface area contributed by atoms with Gasteiger partial charge in [0.25, 0.3) is 0 Å². The predicted molar refractivity (Wildman–Crippen MR) is 121 cm³/mol. The number of aliphatic imine (C=N–C) groups is 1. The number of guanidine groups is 1. The van der Waals surface area contributed by atoms with Crippen molar-refractivity contribution in [2.45, 2.75) is 13.0 Å². The fourth-order valence-electron chi connectivity index (χ4n) is 2.96. The first-order valence-electron chi connectivity index (χ1n) is 8.88. The third-order valence-electron chi connectivity index (χ3n) is 4.41. The van der Waals surface area contributed by atoms with Gasteiger partial charge in [-0.25, -0.2) is 4.98 Å². The Kier molecular flexibility index (Phi) is 9.14. The standard InChI is InChI=1S/C18H23F2N5O2S.HI/c1-26-14-3-2-13(12-15(14)27-16(19)20)4-5-22-17(21)24-7-9-25(10-8-24)18-23-6-11-28-18;/h2-3,6,11-12,16H,4-5,7-10H2,1H3,(H2,21,22);1H. The molecule has 0 atom stereocenters. The first kappa shape index (κ1) is 23.4. The van der Waals surface area contributed by atoms with Crippen LogP contribution in [0.25, 0.3) is 0 Å². The van der Waals surface area contributed by atoms with Gasteiger partial charge in [-0.05, 0) is 24.1 Å². The van der Waals surface area contributed by atoms with E-state index in [1.165, 1.54) is 7.11 Å². The van der Waals surface area contributed by atoms with Crippen molar-refractivity contribution >= 4 is 46.4 Å². The van der Waals surface area contributed by atoms with Gasteiger partial charge in [0.2, 0.25) is 0 Å². The maximum absolute atomic E-state index is 12.5. The van der Waals surface area contributed by atoms with Crippen LogP contribution in [0.1, 0.15) is 5.56 Å². The van der Waals surface area contributed by atoms with Crippen molar-refractivity contribution < 1.29 is 18.3 Å². The van der Waals surface area contributed by atoms with Gasteiger partial charge in [0, 0.05) is 44.3 Å². The summed E-state index contributed by atoms with van der Waals surface area (Å²) in [6.45, 7) is 0.806. The average Bonchev–Trinajstić information content (AvgIpc) is 3.22. The number of piperazine rings is 1. The van der Waals surface area contributed by atoms with Crippen molar-refractivity contribution in [3.63, 3.8) is 0 Å². The number of nitrogens with two attached hydrogens (primary N) is 1. The molecule has 0 radical (unpaired) electrons. The van der Waals surface area contributed by atoms with Crippen LogP contribution in [-0.2, 0) is 6.42 Å². The number of methoxy groups -OCH3 is 1. The van der Waals surface area contributed by atoms with E-state index in [0.717, 1.165) is 36.9 Å². The lowest BCUT2D eigenvalue weighted by atomic mass is 10.1. The van der Waals surface area contributed by atoms with Crippen LogP contribution in [0.5, 0.6) is 11.5 Å². The first-order chi connectivity index (χ1) is 13.6. The lowest BCUT2D eigenvalue weighted by Crippen LogP contribution is -2.51. The molecule has 0 bridgehead atoms. The van der Waals surface area contributed by atoms with Gasteiger partial charge in [-0.1, -0.05) is 6.07 Å². The number of thiazole rings is 1. The minimum absolute atomic E-state index is 0. The number of hydrogen-bond donors (Lipinski definition) is 1. The van der Waals surface area contributed by atoms with E-state index in [9.17, 15) is 8.78 Å². The van der Waals surface area contributed by atoms with Crippen LogP contribution in [0.3, 0.4) is 0 Å². The van der Waals surface area contributed by atoms with Crippen molar-refractivity contribution in [2.24, 2.45) is 10.7 Å². The van der Waals surface area contributed by atoms with Gasteiger partial charge >= 0.3 is 6.61 Å². The minimum atomic E-state index is -2.90. The van der Waals surface area contributed by atoms with Crippen LogP contribution < -0.4 is 20.1 Å². The molecule has 1 aromatic heterocycles. The molecule has 3 rings (SSSR count). The average molecular weight is 539 g/mol. The van der Waals surface area contributed by atoms with E-state index in [1.807, 2.05) is 10.3 Å². The second-order valence-corrected chi connectivity index (χ2v) is 7.02. The van der Waals surface area contributed by atoms with Crippen LogP contribution in [0.15, 0.2) is 34.8 Å². The lowest BCUT2D eigenvalue weighted by molar-refractivity contribution is -0.0512. The Labute approximate surface area is 189 Å². The molecule has 7 nitrogen and oxygen atoms in total. The number of halogens is 3. The largest absolute Gasteiger partial charge is 0.493 e. The van der Waals surface area contributed by atoms with Crippen LogP contribution in [-0.4, -0.2) is 62.3 Å². The Hall–Kier alpha value is -1.89. The van der Waals surface area contributed by atoms with E-state index in [1.54, 1.807) is 35.7 Å². The molecule has 2 aromatic rings. The van der Waals surface area contributed by atoms with Crippen molar-refractivity contribution in [2.75, 3.05) is 44.7 Å². The number of benzene rings is 1. The van der Waals surface area contributed by atoms with Gasteiger partial charge in [0.15, 0.2) is 22.6 Å². The highest BCUT2D eigenvalue weighted by atomic mass is 127. The Balaban J connectivity index is 0.00000300. The highest BCUT2D eigenvalue weighted by Crippen LogP contribution is 2.29. The van der Waals surface area contributed by atoms with Gasteiger partial charge in [-0.2, -0.15) is 8.78 Å². The quantitative estimate of drug-likeness (QED) is 0.331. The molecular weight excluding hydrogens is 515 g/mol. The van der Waals surface area contributed by atoms with Gasteiger partial charge < -0.3 is 25.0 Å². The second kappa shape index (κ2) is 11.3. The summed E-state index contributed by atoms with van der Waals surface area (Å²) < 4.78 is 34.6. The number of aromatic nitrogens is 1. The monoisotopic (exact) mass is 539 g/mol. The molecule has 0 amide bonds. The number of anilines is 1. The van der Waals surface area contributed by atoms with Crippen LogP contribution in [0.4, 0.5) is 13.9 Å². The predicted octanol–water partition coefficient (Wildman–Crippen LogP) is 3.05. The molecule has 1 aliphatic rings. The molecule has 1 fully saturated rings. The molecule has 2 N–H and O–H groups in total. The van der Waals surface area contributed by atoms with E-state index in [4.69, 9.17) is 10.5 Å². The summed E-state index contributed by atoms with van der Waals surface area (Å²) in [4.78, 5) is 13.0. The molecule has 29 heavy (non-hydrogen) atoms. The molecule has 1 aliphatic heterocycles. The van der Waals surface area contributed by atoms with Gasteiger partial charge in [-0.3, -0.25) is 4.99 Å². The number of hydrogen-bond acceptors (Lipinski definition) is 6. The van der Waals surface area contributed by atoms with Crippen molar-refractivity contribution in [3.8, 4) is 11.5 Å². The summed E-state index contributed by atoms with van der Waals surface area (Å²) in [6.07, 6.45) is 2.36. The fraction of sp³-hybridized carbons (Fsp3) is 0.444. The fourth-order valence-corrected chi connectivity index (χ4v) is 3.66. The maximum Gasteiger partial charge on any atom is 0.387 e. The molecule has 1 aromatic carbocycles. The van der Waals surface area contributed by atoms with Gasteiger partial charge in [-0.15, -0.1) is 35.3 Å². The van der Waals surface area contributed by atoms with Crippen molar-refractivity contribution in [1.82, 2.24) is 9.88 Å². The molecule has 11 heteroatoms. The third-order valence-corrected chi connectivity index (χ3v) is 5.24. The van der Waals surface area contributed by atoms with E-state index in [-0.39, 0.29) is 35.5 Å². The topological polar surface area (TPSA) is 76.2 Å². The Morgan fingerprint density at radius 2 is 2.03 bits per heavy atom. The molecule has 0 spiro atoms. The normalized spacial score (nSPS) is 14.7. The lowest BCUT2D eigenvalue weighted by Gasteiger charge is -2.35. The number of nitrogens with zero attached hydrogens (tertiary/aromatic N) is 4. The summed E-state index contributed by atoms with van der Waals surface area (Å²) >= 11 is 1.63. The van der Waals surface area contributed by atoms with Crippen LogP contribution in [0, 0.1) is 0 Å². The molecule has 160 valence electrons. The molecule has 1 saturated heterocycles. The highest BCUT2D eigenvalue weighted by molar-refractivity contribution is 14.0. The smallest absolute Gasteiger partial charge is 0.387 e. The number of rotatable bonds is 7. The summed E-state index contributed by atoms with van der Waals surface area (Å²) in [7, 11) is 1.41. The van der Waals surface area contributed by atoms with E-state index in [0.29, 0.717) is 18.9 Å². The zero-order valence-electron chi connectivity index (χ0n) is 16.0. The summed E-state index contributed by atoms with van der Waals surface area (Å²) in [5.74, 6) is 0.784. The number of ether oxygens (including phenoxy) is 2. The second-order valence-electron chi connectivity index (χ2n) is 6.14. The molecule has 0 saturated carbocycles. The zero-order valence-corrected chi connectivity index (χ0v) is 19.1. The third kappa shape index (κ3) is 6.56. The van der Waals surface area contributed by atoms with Crippen molar-refractivity contribution in [1.29, 1.82) is 0 Å². The summed E-state index contributed by atoms with van der Waals surface area (Å²) in [5, 5.41) is 2.99. The summed E-state index contributed by atoms with van der Waals surface area (Å²) in [6, 6.07) is 4.96. The SMILES string of the molecule is COc1ccc(CCN=C(N)N2CCN(c3nccs3)CC2)cc1OC(F)F.I. The first-order valence-corrected chi connectivity index (χ1v) is 9.76. The Bertz CT molecular complexity index is 787. The van der Waals surface area contributed by atoms with E-state index < -0.39 is 6.61 Å². The van der Waals surface area contributed by atoms with Crippen LogP contribution >= 0.6 is 35.3 Å². The molecule has 0 unspecified atom stereocenters. The summed E-state index contributed by atoms with van der Waals surface area (Å²) in [5.41, 5.74) is 6.94. The van der Waals surface area contributed by atoms with E-state index in [2.05, 4.69) is 19.6 Å². The van der Waals surface area contributed by atoms with Crippen molar-refractivity contribution in [3.05, 3.63) is 35.3 Å². The minimum Gasteiger partial charge on any atom is -0.493 e. The van der Waals surface area contributed by atoms with Crippen LogP contribution in [0.2, 0.25) is 0 Å². The molecule has 0 aliphatic carbocycles. The zero-order chi connectivity index (χ0) is 19.9. The van der Waals surface area contributed by atoms with E-state index >= 15 is 0 Å². The Morgan fingerprint density at radius 3 is 2.66 bits per heavy atom. The maximum atomic E-state index is 12.5. The Morgan fingerprint density at radius 1 is 1.28 bits per heavy atom.